The van der Waals surface area contributed by atoms with Crippen LogP contribution in [0.5, 0.6) is 0 Å². The van der Waals surface area contributed by atoms with E-state index in [-0.39, 0.29) is 24.6 Å². The summed E-state index contributed by atoms with van der Waals surface area (Å²) >= 11 is 0. The Kier molecular flexibility index (Phi) is 4.74. The molecule has 1 heterocycles. The third kappa shape index (κ3) is 3.30. The van der Waals surface area contributed by atoms with Crippen LogP contribution in [-0.2, 0) is 11.2 Å². The number of unbranched alkanes of at least 4 members (excludes halogenated alkanes) is 1. The van der Waals surface area contributed by atoms with Crippen molar-refractivity contribution in [2.24, 2.45) is 0 Å². The first-order chi connectivity index (χ1) is 10.1. The van der Waals surface area contributed by atoms with Crippen molar-refractivity contribution in [2.45, 2.75) is 26.2 Å². The van der Waals surface area contributed by atoms with Gasteiger partial charge in [-0.3, -0.25) is 14.9 Å². The van der Waals surface area contributed by atoms with Crippen LogP contribution in [-0.4, -0.2) is 35.6 Å². The molecule has 0 saturated carbocycles. The Bertz CT molecular complexity index is 559. The molecule has 0 unspecified atom stereocenters. The van der Waals surface area contributed by atoms with Gasteiger partial charge in [-0.2, -0.15) is 0 Å². The van der Waals surface area contributed by atoms with Crippen LogP contribution < -0.4 is 10.2 Å². The number of benzene rings is 1. The number of hydrogen-bond acceptors (Lipinski definition) is 5. The Hall–Kier alpha value is -2.15. The fraction of sp³-hybridized carbons (Fsp3) is 0.500. The number of rotatable bonds is 7. The molecule has 1 aliphatic rings. The highest BCUT2D eigenvalue weighted by Crippen LogP contribution is 2.36. The van der Waals surface area contributed by atoms with Gasteiger partial charge >= 0.3 is 0 Å². The summed E-state index contributed by atoms with van der Waals surface area (Å²) in [6, 6.07) is 3.10. The standard InChI is InChI=1S/C14H19N3O4/c1-2-3-4-16(5-6-18)12-9-11-10(8-14(19)15-11)7-13(12)17(20)21/h7,9,18H,2-6,8H2,1H3,(H,15,19). The summed E-state index contributed by atoms with van der Waals surface area (Å²) < 4.78 is 0. The summed E-state index contributed by atoms with van der Waals surface area (Å²) in [6.45, 7) is 2.91. The number of aliphatic hydroxyl groups excluding tert-OH is 1. The first-order valence-electron chi connectivity index (χ1n) is 7.03. The van der Waals surface area contributed by atoms with Crippen LogP contribution in [0.2, 0.25) is 0 Å². The quantitative estimate of drug-likeness (QED) is 0.589. The minimum absolute atomic E-state index is 0.0187. The average molecular weight is 293 g/mol. The molecule has 1 aromatic rings. The molecule has 0 radical (unpaired) electrons. The first-order valence-corrected chi connectivity index (χ1v) is 7.03. The van der Waals surface area contributed by atoms with Crippen LogP contribution in [0, 0.1) is 10.1 Å². The second-order valence-electron chi connectivity index (χ2n) is 5.04. The number of nitro benzene ring substituents is 1. The second kappa shape index (κ2) is 6.53. The van der Waals surface area contributed by atoms with Crippen LogP contribution in [0.4, 0.5) is 17.1 Å². The predicted molar refractivity (Wildman–Crippen MR) is 79.6 cm³/mol. The molecule has 0 aromatic heterocycles. The molecule has 0 saturated heterocycles. The molecule has 1 aliphatic heterocycles. The number of carbonyl (C=O) groups is 1. The van der Waals surface area contributed by atoms with Crippen molar-refractivity contribution < 1.29 is 14.8 Å². The fourth-order valence-corrected chi connectivity index (χ4v) is 2.47. The summed E-state index contributed by atoms with van der Waals surface area (Å²) in [7, 11) is 0. The highest BCUT2D eigenvalue weighted by molar-refractivity contribution is 6.00. The normalized spacial score (nSPS) is 13.0. The lowest BCUT2D eigenvalue weighted by Gasteiger charge is -2.24. The largest absolute Gasteiger partial charge is 0.395 e. The topological polar surface area (TPSA) is 95.7 Å². The van der Waals surface area contributed by atoms with Crippen molar-refractivity contribution in [3.8, 4) is 0 Å². The van der Waals surface area contributed by atoms with Gasteiger partial charge in [0, 0.05) is 24.8 Å². The fourth-order valence-electron chi connectivity index (χ4n) is 2.47. The number of aliphatic hydroxyl groups is 1. The average Bonchev–Trinajstić information content (AvgIpc) is 2.81. The van der Waals surface area contributed by atoms with Gasteiger partial charge < -0.3 is 15.3 Å². The van der Waals surface area contributed by atoms with Gasteiger partial charge in [0.25, 0.3) is 5.69 Å². The van der Waals surface area contributed by atoms with Gasteiger partial charge in [-0.15, -0.1) is 0 Å². The lowest BCUT2D eigenvalue weighted by molar-refractivity contribution is -0.384. The third-order valence-corrected chi connectivity index (χ3v) is 3.51. The van der Waals surface area contributed by atoms with Crippen LogP contribution in [0.3, 0.4) is 0 Å². The van der Waals surface area contributed by atoms with Crippen molar-refractivity contribution in [2.75, 3.05) is 29.9 Å². The van der Waals surface area contributed by atoms with Crippen molar-refractivity contribution in [1.29, 1.82) is 0 Å². The van der Waals surface area contributed by atoms with E-state index in [9.17, 15) is 20.0 Å². The minimum Gasteiger partial charge on any atom is -0.395 e. The van der Waals surface area contributed by atoms with Crippen LogP contribution in [0.15, 0.2) is 12.1 Å². The van der Waals surface area contributed by atoms with E-state index in [0.717, 1.165) is 12.8 Å². The lowest BCUT2D eigenvalue weighted by Crippen LogP contribution is -2.28. The Morgan fingerprint density at radius 2 is 2.19 bits per heavy atom. The number of nitrogens with zero attached hydrogens (tertiary/aromatic N) is 2. The number of nitro groups is 1. The number of nitrogens with one attached hydrogen (secondary N) is 1. The van der Waals surface area contributed by atoms with Gasteiger partial charge in [0.15, 0.2) is 0 Å². The van der Waals surface area contributed by atoms with Gasteiger partial charge in [-0.1, -0.05) is 13.3 Å². The number of fused-ring (bicyclic) bond motifs is 1. The van der Waals surface area contributed by atoms with Gasteiger partial charge in [-0.25, -0.2) is 0 Å². The molecule has 0 atom stereocenters. The highest BCUT2D eigenvalue weighted by Gasteiger charge is 2.26. The van der Waals surface area contributed by atoms with Crippen LogP contribution in [0.1, 0.15) is 25.3 Å². The van der Waals surface area contributed by atoms with Crippen molar-refractivity contribution in [1.82, 2.24) is 0 Å². The maximum atomic E-state index is 11.4. The summed E-state index contributed by atoms with van der Waals surface area (Å²) in [5.41, 5.74) is 1.70. The molecule has 0 fully saturated rings. The van der Waals surface area contributed by atoms with E-state index in [1.807, 2.05) is 6.92 Å². The zero-order valence-electron chi connectivity index (χ0n) is 12.0. The van der Waals surface area contributed by atoms with Crippen LogP contribution in [0.25, 0.3) is 0 Å². The van der Waals surface area contributed by atoms with Crippen LogP contribution >= 0.6 is 0 Å². The minimum atomic E-state index is -0.436. The van der Waals surface area contributed by atoms with E-state index in [1.165, 1.54) is 6.07 Å². The molecule has 0 spiro atoms. The predicted octanol–water partition coefficient (Wildman–Crippen LogP) is 1.69. The smallest absolute Gasteiger partial charge is 0.292 e. The van der Waals surface area contributed by atoms with Gasteiger partial charge in [0.2, 0.25) is 5.91 Å². The molecule has 114 valence electrons. The van der Waals surface area contributed by atoms with E-state index in [0.29, 0.717) is 30.0 Å². The molecule has 7 heteroatoms. The van der Waals surface area contributed by atoms with E-state index in [4.69, 9.17) is 0 Å². The van der Waals surface area contributed by atoms with E-state index >= 15 is 0 Å². The van der Waals surface area contributed by atoms with Crippen molar-refractivity contribution in [3.05, 3.63) is 27.8 Å². The monoisotopic (exact) mass is 293 g/mol. The maximum absolute atomic E-state index is 11.4. The van der Waals surface area contributed by atoms with Gasteiger partial charge in [0.1, 0.15) is 5.69 Å². The lowest BCUT2D eigenvalue weighted by atomic mass is 10.1. The zero-order chi connectivity index (χ0) is 15.4. The Labute approximate surface area is 122 Å². The molecule has 21 heavy (non-hydrogen) atoms. The maximum Gasteiger partial charge on any atom is 0.292 e. The Morgan fingerprint density at radius 3 is 2.81 bits per heavy atom. The number of carbonyl (C=O) groups excluding carboxylic acids is 1. The second-order valence-corrected chi connectivity index (χ2v) is 5.04. The van der Waals surface area contributed by atoms with E-state index in [1.54, 1.807) is 11.0 Å². The first kappa shape index (κ1) is 15.2. The van der Waals surface area contributed by atoms with E-state index < -0.39 is 4.92 Å². The molecule has 1 aromatic carbocycles. The zero-order valence-corrected chi connectivity index (χ0v) is 12.0. The summed E-state index contributed by atoms with van der Waals surface area (Å²) in [6.07, 6.45) is 2.00. The molecule has 7 nitrogen and oxygen atoms in total. The number of hydrogen-bond donors (Lipinski definition) is 2. The Balaban J connectivity index is 2.41. The molecule has 1 amide bonds. The number of amides is 1. The van der Waals surface area contributed by atoms with E-state index in [2.05, 4.69) is 5.32 Å². The molecule has 0 bridgehead atoms. The highest BCUT2D eigenvalue weighted by atomic mass is 16.6. The SMILES string of the molecule is CCCCN(CCO)c1cc2c(cc1[N+](=O)[O-])CC(=O)N2. The Morgan fingerprint density at radius 1 is 1.43 bits per heavy atom. The number of anilines is 2. The summed E-state index contributed by atoms with van der Waals surface area (Å²) in [5.74, 6) is -0.154. The van der Waals surface area contributed by atoms with Crippen molar-refractivity contribution >= 4 is 23.0 Å². The molecule has 0 aliphatic carbocycles. The molecule has 2 N–H and O–H groups in total. The molecule has 2 rings (SSSR count). The van der Waals surface area contributed by atoms with Gasteiger partial charge in [-0.05, 0) is 18.1 Å². The molecular weight excluding hydrogens is 274 g/mol. The summed E-state index contributed by atoms with van der Waals surface area (Å²) in [4.78, 5) is 24.1. The van der Waals surface area contributed by atoms with Crippen molar-refractivity contribution in [3.63, 3.8) is 0 Å². The molecular formula is C14H19N3O4. The summed E-state index contributed by atoms with van der Waals surface area (Å²) in [5, 5.41) is 23.2. The van der Waals surface area contributed by atoms with Gasteiger partial charge in [0.05, 0.1) is 18.0 Å². The third-order valence-electron chi connectivity index (χ3n) is 3.51.